The lowest BCUT2D eigenvalue weighted by molar-refractivity contribution is -0.156. The van der Waals surface area contributed by atoms with Crippen molar-refractivity contribution >= 4 is 11.9 Å². The highest BCUT2D eigenvalue weighted by molar-refractivity contribution is 5.83. The first-order valence-corrected chi connectivity index (χ1v) is 8.15. The van der Waals surface area contributed by atoms with Gasteiger partial charge in [-0.25, -0.2) is 4.79 Å². The molecule has 1 aliphatic rings. The van der Waals surface area contributed by atoms with E-state index in [4.69, 9.17) is 18.9 Å². The van der Waals surface area contributed by atoms with Gasteiger partial charge in [-0.15, -0.1) is 0 Å². The minimum Gasteiger partial charge on any atom is -0.482 e. The lowest BCUT2D eigenvalue weighted by Gasteiger charge is -2.14. The molecule has 136 valence electrons. The Morgan fingerprint density at radius 1 is 1.12 bits per heavy atom. The summed E-state index contributed by atoms with van der Waals surface area (Å²) in [5.41, 5.74) is 0.855. The molecule has 0 saturated heterocycles. The predicted molar refractivity (Wildman–Crippen MR) is 91.9 cm³/mol. The molecule has 0 fully saturated rings. The highest BCUT2D eigenvalue weighted by Gasteiger charge is 2.19. The first-order chi connectivity index (χ1) is 12.6. The lowest BCUT2D eigenvalue weighted by Crippen LogP contribution is -2.36. The average Bonchev–Trinajstić information content (AvgIpc) is 3.13. The zero-order valence-corrected chi connectivity index (χ0v) is 14.3. The fourth-order valence-corrected chi connectivity index (χ4v) is 2.33. The zero-order valence-electron chi connectivity index (χ0n) is 14.3. The second kappa shape index (κ2) is 8.24. The molecule has 0 aromatic heterocycles. The third-order valence-corrected chi connectivity index (χ3v) is 3.68. The molecule has 0 radical (unpaired) electrons. The van der Waals surface area contributed by atoms with Crippen molar-refractivity contribution in [3.63, 3.8) is 0 Å². The van der Waals surface area contributed by atoms with Crippen LogP contribution in [0.5, 0.6) is 17.2 Å². The molecule has 7 heteroatoms. The summed E-state index contributed by atoms with van der Waals surface area (Å²) in [5, 5.41) is 2.72. The van der Waals surface area contributed by atoms with E-state index in [9.17, 15) is 9.59 Å². The van der Waals surface area contributed by atoms with Crippen LogP contribution in [0.3, 0.4) is 0 Å². The van der Waals surface area contributed by atoms with Gasteiger partial charge in [-0.1, -0.05) is 24.3 Å². The van der Waals surface area contributed by atoms with E-state index in [1.807, 2.05) is 12.1 Å². The number of hydrogen-bond donors (Lipinski definition) is 1. The van der Waals surface area contributed by atoms with Crippen molar-refractivity contribution in [1.82, 2.24) is 5.32 Å². The third-order valence-electron chi connectivity index (χ3n) is 3.68. The number of nitrogens with one attached hydrogen (secondary N) is 1. The van der Waals surface area contributed by atoms with E-state index in [2.05, 4.69) is 5.32 Å². The number of para-hydroxylation sites is 1. The van der Waals surface area contributed by atoms with Crippen LogP contribution in [-0.4, -0.2) is 31.4 Å². The molecule has 1 heterocycles. The van der Waals surface area contributed by atoms with Crippen LogP contribution >= 0.6 is 0 Å². The molecule has 0 bridgehead atoms. The number of benzene rings is 2. The number of carbonyl (C=O) groups excluding carboxylic acids is 2. The van der Waals surface area contributed by atoms with Crippen LogP contribution < -0.4 is 19.5 Å². The van der Waals surface area contributed by atoms with Crippen molar-refractivity contribution in [2.24, 2.45) is 0 Å². The maximum Gasteiger partial charge on any atom is 0.344 e. The Hall–Kier alpha value is -3.22. The fraction of sp³-hybridized carbons (Fsp3) is 0.263. The minimum atomic E-state index is -0.920. The SMILES string of the molecule is C[C@@H](OC(=O)COc1ccccc1)C(=O)NCc1ccc2c(c1)OCO2. The Morgan fingerprint density at radius 3 is 2.69 bits per heavy atom. The van der Waals surface area contributed by atoms with Gasteiger partial charge in [-0.3, -0.25) is 4.79 Å². The molecule has 1 amide bonds. The largest absolute Gasteiger partial charge is 0.482 e. The highest BCUT2D eigenvalue weighted by atomic mass is 16.7. The second-order valence-corrected chi connectivity index (χ2v) is 5.64. The first kappa shape index (κ1) is 17.6. The summed E-state index contributed by atoms with van der Waals surface area (Å²) in [4.78, 5) is 23.9. The van der Waals surface area contributed by atoms with Gasteiger partial charge in [-0.05, 0) is 36.8 Å². The van der Waals surface area contributed by atoms with Gasteiger partial charge in [0.25, 0.3) is 5.91 Å². The van der Waals surface area contributed by atoms with Crippen LogP contribution in [0.4, 0.5) is 0 Å². The van der Waals surface area contributed by atoms with Crippen LogP contribution in [0, 0.1) is 0 Å². The molecule has 0 aliphatic carbocycles. The topological polar surface area (TPSA) is 83.1 Å². The number of fused-ring (bicyclic) bond motifs is 1. The van der Waals surface area contributed by atoms with E-state index >= 15 is 0 Å². The number of hydrogen-bond acceptors (Lipinski definition) is 6. The van der Waals surface area contributed by atoms with Gasteiger partial charge in [0.15, 0.2) is 24.2 Å². The van der Waals surface area contributed by atoms with Crippen LogP contribution in [0.1, 0.15) is 12.5 Å². The Labute approximate surface area is 150 Å². The van der Waals surface area contributed by atoms with Gasteiger partial charge in [0.1, 0.15) is 5.75 Å². The quantitative estimate of drug-likeness (QED) is 0.764. The number of esters is 1. The van der Waals surface area contributed by atoms with Crippen molar-refractivity contribution in [2.75, 3.05) is 13.4 Å². The molecule has 2 aromatic carbocycles. The lowest BCUT2D eigenvalue weighted by atomic mass is 10.2. The Kier molecular flexibility index (Phi) is 5.58. The maximum atomic E-state index is 12.1. The molecule has 3 rings (SSSR count). The van der Waals surface area contributed by atoms with Crippen molar-refractivity contribution in [1.29, 1.82) is 0 Å². The summed E-state index contributed by atoms with van der Waals surface area (Å²) in [6.45, 7) is 1.74. The van der Waals surface area contributed by atoms with Gasteiger partial charge in [0.05, 0.1) is 0 Å². The molecule has 1 N–H and O–H groups in total. The predicted octanol–water partition coefficient (Wildman–Crippen LogP) is 2.04. The summed E-state index contributed by atoms with van der Waals surface area (Å²) in [7, 11) is 0. The summed E-state index contributed by atoms with van der Waals surface area (Å²) in [6, 6.07) is 14.3. The monoisotopic (exact) mass is 357 g/mol. The first-order valence-electron chi connectivity index (χ1n) is 8.15. The molecular formula is C19H19NO6. The zero-order chi connectivity index (χ0) is 18.4. The number of amides is 1. The molecule has 1 aliphatic heterocycles. The molecule has 0 unspecified atom stereocenters. The van der Waals surface area contributed by atoms with Gasteiger partial charge in [0.2, 0.25) is 6.79 Å². The summed E-state index contributed by atoms with van der Waals surface area (Å²) in [6.07, 6.45) is -0.920. The van der Waals surface area contributed by atoms with Crippen LogP contribution in [0.15, 0.2) is 48.5 Å². The van der Waals surface area contributed by atoms with E-state index < -0.39 is 18.0 Å². The Bertz CT molecular complexity index is 777. The van der Waals surface area contributed by atoms with Crippen LogP contribution in [0.2, 0.25) is 0 Å². The Balaban J connectivity index is 1.42. The third kappa shape index (κ3) is 4.66. The van der Waals surface area contributed by atoms with Gasteiger partial charge >= 0.3 is 5.97 Å². The highest BCUT2D eigenvalue weighted by Crippen LogP contribution is 2.32. The van der Waals surface area contributed by atoms with E-state index in [1.165, 1.54) is 6.92 Å². The van der Waals surface area contributed by atoms with Crippen molar-refractivity contribution < 1.29 is 28.5 Å². The van der Waals surface area contributed by atoms with Gasteiger partial charge < -0.3 is 24.3 Å². The van der Waals surface area contributed by atoms with Crippen molar-refractivity contribution in [3.05, 3.63) is 54.1 Å². The second-order valence-electron chi connectivity index (χ2n) is 5.64. The molecule has 26 heavy (non-hydrogen) atoms. The number of ether oxygens (including phenoxy) is 4. The van der Waals surface area contributed by atoms with Crippen LogP contribution in [-0.2, 0) is 20.9 Å². The smallest absolute Gasteiger partial charge is 0.344 e. The van der Waals surface area contributed by atoms with Crippen molar-refractivity contribution in [3.8, 4) is 17.2 Å². The molecule has 0 spiro atoms. The molecule has 7 nitrogen and oxygen atoms in total. The Morgan fingerprint density at radius 2 is 1.88 bits per heavy atom. The van der Waals surface area contributed by atoms with E-state index in [0.717, 1.165) is 5.56 Å². The standard InChI is InChI=1S/C19H19NO6/c1-13(26-18(21)11-23-15-5-3-2-4-6-15)19(22)20-10-14-7-8-16-17(9-14)25-12-24-16/h2-9,13H,10-12H2,1H3,(H,20,22)/t13-/m1/s1. The van der Waals surface area contributed by atoms with Gasteiger partial charge in [0, 0.05) is 6.54 Å². The summed E-state index contributed by atoms with van der Waals surface area (Å²) in [5.74, 6) is 0.884. The summed E-state index contributed by atoms with van der Waals surface area (Å²) >= 11 is 0. The minimum absolute atomic E-state index is 0.198. The number of carbonyl (C=O) groups is 2. The maximum absolute atomic E-state index is 12.1. The van der Waals surface area contributed by atoms with Gasteiger partial charge in [-0.2, -0.15) is 0 Å². The molecule has 2 aromatic rings. The number of rotatable bonds is 7. The average molecular weight is 357 g/mol. The van der Waals surface area contributed by atoms with E-state index in [0.29, 0.717) is 17.2 Å². The fourth-order valence-electron chi connectivity index (χ4n) is 2.33. The molecule has 1 atom stereocenters. The summed E-state index contributed by atoms with van der Waals surface area (Å²) < 4.78 is 20.9. The normalized spacial score (nSPS) is 13.0. The van der Waals surface area contributed by atoms with E-state index in [-0.39, 0.29) is 19.9 Å². The molecular weight excluding hydrogens is 338 g/mol. The molecule has 0 saturated carbocycles. The van der Waals surface area contributed by atoms with Crippen LogP contribution in [0.25, 0.3) is 0 Å². The van der Waals surface area contributed by atoms with Crippen molar-refractivity contribution in [2.45, 2.75) is 19.6 Å². The van der Waals surface area contributed by atoms with E-state index in [1.54, 1.807) is 36.4 Å².